The minimum Gasteiger partial charge on any atom is -0.508 e. The zero-order valence-corrected chi connectivity index (χ0v) is 18.6. The van der Waals surface area contributed by atoms with E-state index in [1.807, 2.05) is 17.0 Å². The van der Waals surface area contributed by atoms with E-state index in [1.165, 1.54) is 11.6 Å². The summed E-state index contributed by atoms with van der Waals surface area (Å²) in [4.78, 5) is 30.8. The van der Waals surface area contributed by atoms with Crippen molar-refractivity contribution in [1.29, 1.82) is 0 Å². The van der Waals surface area contributed by atoms with E-state index in [0.29, 0.717) is 0 Å². The predicted molar refractivity (Wildman–Crippen MR) is 127 cm³/mol. The smallest absolute Gasteiger partial charge is 0.245 e. The number of aromatic hydroxyl groups is 1. The van der Waals surface area contributed by atoms with E-state index < -0.39 is 0 Å². The lowest BCUT2D eigenvalue weighted by molar-refractivity contribution is -0.136. The summed E-state index contributed by atoms with van der Waals surface area (Å²) in [6.45, 7) is 6.88. The second kappa shape index (κ2) is 7.54. The molecule has 2 saturated heterocycles. The second-order valence-corrected chi connectivity index (χ2v) is 9.64. The first-order valence-corrected chi connectivity index (χ1v) is 11.7. The van der Waals surface area contributed by atoms with Crippen LogP contribution in [0.5, 0.6) is 5.75 Å². The van der Waals surface area contributed by atoms with Crippen LogP contribution in [-0.2, 0) is 17.6 Å². The zero-order chi connectivity index (χ0) is 22.6. The van der Waals surface area contributed by atoms with Gasteiger partial charge in [0.25, 0.3) is 0 Å². The number of fused-ring (bicyclic) bond motifs is 2. The fraction of sp³-hybridized carbons (Fsp3) is 0.385. The predicted octanol–water partition coefficient (Wildman–Crippen LogP) is 3.50. The molecule has 0 saturated carbocycles. The molecule has 2 fully saturated rings. The number of aryl methyl sites for hydroxylation is 1. The molecule has 3 aromatic rings. The Labute approximate surface area is 192 Å². The number of nitrogens with zero attached hydrogens (tertiary/aromatic N) is 5. The number of benzene rings is 1. The lowest BCUT2D eigenvalue weighted by Crippen LogP contribution is -2.59. The number of hydrogen-bond acceptors (Lipinski definition) is 6. The summed E-state index contributed by atoms with van der Waals surface area (Å²) in [7, 11) is 0. The van der Waals surface area contributed by atoms with Crippen molar-refractivity contribution in [2.45, 2.75) is 32.1 Å². The van der Waals surface area contributed by atoms with Crippen LogP contribution < -0.4 is 4.90 Å². The Morgan fingerprint density at radius 2 is 2.00 bits per heavy atom. The molecular weight excluding hydrogens is 414 g/mol. The zero-order valence-electron chi connectivity index (χ0n) is 18.6. The van der Waals surface area contributed by atoms with E-state index in [4.69, 9.17) is 9.97 Å². The molecule has 1 aromatic carbocycles. The minimum atomic E-state index is 0.00894. The number of hydrogen-bond donors (Lipinski definition) is 1. The number of aromatic nitrogens is 3. The van der Waals surface area contributed by atoms with Gasteiger partial charge in [-0.3, -0.25) is 9.78 Å². The van der Waals surface area contributed by atoms with Crippen LogP contribution in [0.15, 0.2) is 43.1 Å². The maximum absolute atomic E-state index is 11.9. The van der Waals surface area contributed by atoms with Gasteiger partial charge in [-0.2, -0.15) is 0 Å². The molecule has 0 unspecified atom stereocenters. The van der Waals surface area contributed by atoms with Crippen molar-refractivity contribution >= 4 is 22.8 Å². The molecule has 33 heavy (non-hydrogen) atoms. The molecular formula is C26H27N5O2. The fourth-order valence-corrected chi connectivity index (χ4v) is 5.71. The Hall–Kier alpha value is -3.48. The van der Waals surface area contributed by atoms with Crippen LogP contribution in [0, 0.1) is 5.41 Å². The average Bonchev–Trinajstić information content (AvgIpc) is 3.27. The highest BCUT2D eigenvalue weighted by Gasteiger charge is 2.49. The van der Waals surface area contributed by atoms with E-state index in [0.717, 1.165) is 92.1 Å². The highest BCUT2D eigenvalue weighted by molar-refractivity contribution is 5.95. The summed E-state index contributed by atoms with van der Waals surface area (Å²) in [5.41, 5.74) is 5.04. The summed E-state index contributed by atoms with van der Waals surface area (Å²) in [6.07, 6.45) is 8.35. The average molecular weight is 442 g/mol. The normalized spacial score (nSPS) is 18.9. The van der Waals surface area contributed by atoms with Gasteiger partial charge in [0.05, 0.1) is 11.2 Å². The largest absolute Gasteiger partial charge is 0.508 e. The van der Waals surface area contributed by atoms with Crippen LogP contribution in [0.25, 0.3) is 22.2 Å². The summed E-state index contributed by atoms with van der Waals surface area (Å²) >= 11 is 0. The van der Waals surface area contributed by atoms with Gasteiger partial charge >= 0.3 is 0 Å². The quantitative estimate of drug-likeness (QED) is 0.627. The minimum absolute atomic E-state index is 0.00894. The molecule has 0 bridgehead atoms. The molecule has 0 radical (unpaired) electrons. The first-order chi connectivity index (χ1) is 16.0. The first-order valence-electron chi connectivity index (χ1n) is 11.7. The van der Waals surface area contributed by atoms with Crippen LogP contribution in [0.3, 0.4) is 0 Å². The van der Waals surface area contributed by atoms with Crippen molar-refractivity contribution in [2.75, 3.05) is 31.1 Å². The summed E-state index contributed by atoms with van der Waals surface area (Å²) in [5.74, 6) is 0.981. The molecule has 7 heteroatoms. The van der Waals surface area contributed by atoms with Crippen molar-refractivity contribution in [2.24, 2.45) is 5.41 Å². The fourth-order valence-electron chi connectivity index (χ4n) is 5.71. The van der Waals surface area contributed by atoms with Crippen LogP contribution in [-0.4, -0.2) is 57.0 Å². The molecule has 7 nitrogen and oxygen atoms in total. The number of anilines is 1. The SMILES string of the molecule is C=CC(=O)N1CC2(CCN(c3nc4c(c(-c5cc(O)cc6cccnc56)n3)CCCC4)C2)C1. The number of pyridine rings is 1. The summed E-state index contributed by atoms with van der Waals surface area (Å²) < 4.78 is 0. The summed E-state index contributed by atoms with van der Waals surface area (Å²) in [6, 6.07) is 7.39. The molecule has 0 atom stereocenters. The number of carbonyl (C=O) groups excluding carboxylic acids is 1. The maximum atomic E-state index is 11.9. The number of rotatable bonds is 3. The standard InChI is InChI=1S/C26H27N5O2/c1-2-22(33)31-15-26(16-31)9-11-30(14-26)25-28-21-8-4-3-7-19(21)24(29-25)20-13-18(32)12-17-6-5-10-27-23(17)20/h2,5-6,10,12-13,32H,1,3-4,7-9,11,14-16H2. The lowest BCUT2D eigenvalue weighted by Gasteiger charge is -2.47. The monoisotopic (exact) mass is 441 g/mol. The second-order valence-electron chi connectivity index (χ2n) is 9.64. The molecule has 6 rings (SSSR count). The van der Waals surface area contributed by atoms with Gasteiger partial charge in [-0.15, -0.1) is 0 Å². The Morgan fingerprint density at radius 1 is 1.15 bits per heavy atom. The van der Waals surface area contributed by atoms with E-state index >= 15 is 0 Å². The molecule has 3 aliphatic rings. The molecule has 1 spiro atoms. The molecule has 168 valence electrons. The molecule has 1 aliphatic carbocycles. The Bertz CT molecular complexity index is 1280. The van der Waals surface area contributed by atoms with Crippen LogP contribution in [0.1, 0.15) is 30.5 Å². The van der Waals surface area contributed by atoms with Gasteiger partial charge in [0.1, 0.15) is 5.75 Å². The van der Waals surface area contributed by atoms with Crippen LogP contribution in [0.2, 0.25) is 0 Å². The van der Waals surface area contributed by atoms with Gasteiger partial charge in [0.15, 0.2) is 0 Å². The molecule has 4 heterocycles. The van der Waals surface area contributed by atoms with Gasteiger partial charge in [-0.1, -0.05) is 12.6 Å². The third kappa shape index (κ3) is 3.34. The van der Waals surface area contributed by atoms with Crippen molar-refractivity contribution in [1.82, 2.24) is 19.9 Å². The number of phenolic OH excluding ortho intramolecular Hbond substituents is 1. The molecule has 1 amide bonds. The number of likely N-dealkylation sites (tertiary alicyclic amines) is 1. The van der Waals surface area contributed by atoms with E-state index in [-0.39, 0.29) is 17.1 Å². The Kier molecular flexibility index (Phi) is 4.60. The van der Waals surface area contributed by atoms with Gasteiger partial charge < -0.3 is 14.9 Å². The van der Waals surface area contributed by atoms with E-state index in [2.05, 4.69) is 16.5 Å². The van der Waals surface area contributed by atoms with Gasteiger partial charge in [0.2, 0.25) is 11.9 Å². The Balaban J connectivity index is 1.40. The van der Waals surface area contributed by atoms with E-state index in [9.17, 15) is 9.90 Å². The topological polar surface area (TPSA) is 82.5 Å². The van der Waals surface area contributed by atoms with Crippen LogP contribution >= 0.6 is 0 Å². The first kappa shape index (κ1) is 20.1. The molecule has 2 aromatic heterocycles. The van der Waals surface area contributed by atoms with Crippen molar-refractivity contribution in [3.63, 3.8) is 0 Å². The van der Waals surface area contributed by atoms with Crippen molar-refractivity contribution in [3.05, 3.63) is 54.4 Å². The van der Waals surface area contributed by atoms with Gasteiger partial charge in [-0.05, 0) is 56.4 Å². The van der Waals surface area contributed by atoms with Gasteiger partial charge in [0, 0.05) is 60.0 Å². The highest BCUT2D eigenvalue weighted by Crippen LogP contribution is 2.42. The summed E-state index contributed by atoms with van der Waals surface area (Å²) in [5, 5.41) is 11.3. The van der Waals surface area contributed by atoms with E-state index in [1.54, 1.807) is 18.3 Å². The lowest BCUT2D eigenvalue weighted by atomic mass is 9.79. The third-order valence-corrected chi connectivity index (χ3v) is 7.38. The van der Waals surface area contributed by atoms with Crippen molar-refractivity contribution in [3.8, 4) is 17.0 Å². The van der Waals surface area contributed by atoms with Gasteiger partial charge in [-0.25, -0.2) is 9.97 Å². The number of phenols is 1. The Morgan fingerprint density at radius 3 is 2.85 bits per heavy atom. The maximum Gasteiger partial charge on any atom is 0.245 e. The number of amides is 1. The van der Waals surface area contributed by atoms with Crippen LogP contribution in [0.4, 0.5) is 5.95 Å². The molecule has 2 aliphatic heterocycles. The third-order valence-electron chi connectivity index (χ3n) is 7.38. The molecule has 1 N–H and O–H groups in total. The van der Waals surface area contributed by atoms with Crippen molar-refractivity contribution < 1.29 is 9.90 Å². The number of carbonyl (C=O) groups is 1. The highest BCUT2D eigenvalue weighted by atomic mass is 16.3.